The molecule has 2 aromatic carbocycles. The number of nitriles is 1. The fraction of sp³-hybridized carbons (Fsp3) is 0.150. The topological polar surface area (TPSA) is 72.8 Å². The van der Waals surface area contributed by atoms with Gasteiger partial charge in [0.25, 0.3) is 0 Å². The highest BCUT2D eigenvalue weighted by molar-refractivity contribution is 5.93. The van der Waals surface area contributed by atoms with Crippen LogP contribution in [0.2, 0.25) is 0 Å². The lowest BCUT2D eigenvalue weighted by Gasteiger charge is -2.23. The van der Waals surface area contributed by atoms with E-state index in [1.54, 1.807) is 13.1 Å². The first kappa shape index (κ1) is 17.4. The van der Waals surface area contributed by atoms with E-state index in [1.165, 1.54) is 17.0 Å². The molecule has 1 aromatic heterocycles. The summed E-state index contributed by atoms with van der Waals surface area (Å²) in [6, 6.07) is 15.4. The van der Waals surface area contributed by atoms with Crippen LogP contribution in [0.5, 0.6) is 0 Å². The van der Waals surface area contributed by atoms with Crippen molar-refractivity contribution >= 4 is 11.6 Å². The Balaban J connectivity index is 1.96. The van der Waals surface area contributed by atoms with Gasteiger partial charge in [-0.25, -0.2) is 4.39 Å². The summed E-state index contributed by atoms with van der Waals surface area (Å²) in [7, 11) is 0. The molecule has 26 heavy (non-hydrogen) atoms. The summed E-state index contributed by atoms with van der Waals surface area (Å²) in [6.45, 7) is 2.03. The predicted molar refractivity (Wildman–Crippen MR) is 96.6 cm³/mol. The average Bonchev–Trinajstić information content (AvgIpc) is 3.20. The van der Waals surface area contributed by atoms with Crippen molar-refractivity contribution in [2.24, 2.45) is 0 Å². The van der Waals surface area contributed by atoms with Gasteiger partial charge in [0.2, 0.25) is 5.91 Å². The van der Waals surface area contributed by atoms with Gasteiger partial charge in [0.15, 0.2) is 0 Å². The molecule has 6 heteroatoms. The van der Waals surface area contributed by atoms with Crippen LogP contribution in [0.1, 0.15) is 24.5 Å². The Labute approximate surface area is 150 Å². The van der Waals surface area contributed by atoms with Gasteiger partial charge in [-0.2, -0.15) is 10.4 Å². The number of aromatic amines is 1. The highest BCUT2D eigenvalue weighted by atomic mass is 19.1. The van der Waals surface area contributed by atoms with Gasteiger partial charge >= 0.3 is 0 Å². The third-order valence-corrected chi connectivity index (χ3v) is 4.01. The Morgan fingerprint density at radius 3 is 2.81 bits per heavy atom. The summed E-state index contributed by atoms with van der Waals surface area (Å²) in [5, 5.41) is 15.9. The van der Waals surface area contributed by atoms with Crippen molar-refractivity contribution in [2.75, 3.05) is 4.90 Å². The molecule has 1 amide bonds. The van der Waals surface area contributed by atoms with Crippen molar-refractivity contribution in [2.45, 2.75) is 19.9 Å². The van der Waals surface area contributed by atoms with E-state index in [0.29, 0.717) is 5.69 Å². The average molecular weight is 348 g/mol. The first-order valence-corrected chi connectivity index (χ1v) is 8.20. The minimum atomic E-state index is -0.542. The molecule has 0 atom stereocenters. The van der Waals surface area contributed by atoms with E-state index in [-0.39, 0.29) is 24.4 Å². The summed E-state index contributed by atoms with van der Waals surface area (Å²) in [5.41, 5.74) is 3.26. The zero-order valence-electron chi connectivity index (χ0n) is 14.2. The quantitative estimate of drug-likeness (QED) is 0.756. The maximum Gasteiger partial charge on any atom is 0.227 e. The SMILES string of the molecule is CCC(=O)N(Cc1cccc(-c2ccn[nH]2)c1)c1cc(F)cc(C#N)c1. The number of H-pyrrole nitrogens is 1. The van der Waals surface area contributed by atoms with Gasteiger partial charge in [-0.3, -0.25) is 9.89 Å². The lowest BCUT2D eigenvalue weighted by molar-refractivity contribution is -0.118. The molecule has 0 unspecified atom stereocenters. The van der Waals surface area contributed by atoms with Crippen LogP contribution in [0.3, 0.4) is 0 Å². The Kier molecular flexibility index (Phi) is 5.09. The highest BCUT2D eigenvalue weighted by Gasteiger charge is 2.17. The minimum Gasteiger partial charge on any atom is -0.308 e. The van der Waals surface area contributed by atoms with E-state index in [0.717, 1.165) is 22.9 Å². The first-order valence-electron chi connectivity index (χ1n) is 8.20. The number of anilines is 1. The number of carbonyl (C=O) groups excluding carboxylic acids is 1. The molecule has 0 aliphatic carbocycles. The van der Waals surface area contributed by atoms with E-state index in [1.807, 2.05) is 36.4 Å². The normalized spacial score (nSPS) is 10.3. The van der Waals surface area contributed by atoms with Crippen LogP contribution in [-0.4, -0.2) is 16.1 Å². The number of hydrogen-bond donors (Lipinski definition) is 1. The maximum atomic E-state index is 13.8. The van der Waals surface area contributed by atoms with Crippen LogP contribution in [0.25, 0.3) is 11.3 Å². The van der Waals surface area contributed by atoms with Crippen LogP contribution in [0.4, 0.5) is 10.1 Å². The number of nitrogens with zero attached hydrogens (tertiary/aromatic N) is 3. The molecular weight excluding hydrogens is 331 g/mol. The molecule has 0 bridgehead atoms. The van der Waals surface area contributed by atoms with Gasteiger partial charge in [0.05, 0.1) is 23.9 Å². The standard InChI is InChI=1S/C20H17FN4O/c1-2-20(26)25(18-10-15(12-22)9-17(21)11-18)13-14-4-3-5-16(8-14)19-6-7-23-24-19/h3-11H,2,13H2,1H3,(H,23,24). The lowest BCUT2D eigenvalue weighted by atomic mass is 10.1. The van der Waals surface area contributed by atoms with Gasteiger partial charge in [-0.1, -0.05) is 25.1 Å². The fourth-order valence-corrected chi connectivity index (χ4v) is 2.75. The third kappa shape index (κ3) is 3.78. The molecule has 1 N–H and O–H groups in total. The van der Waals surface area contributed by atoms with Crippen LogP contribution in [0.15, 0.2) is 54.7 Å². The number of benzene rings is 2. The summed E-state index contributed by atoms with van der Waals surface area (Å²) in [6.07, 6.45) is 1.95. The number of aromatic nitrogens is 2. The Morgan fingerprint density at radius 1 is 1.27 bits per heavy atom. The summed E-state index contributed by atoms with van der Waals surface area (Å²) in [5.74, 6) is -0.689. The summed E-state index contributed by atoms with van der Waals surface area (Å²) < 4.78 is 13.8. The second kappa shape index (κ2) is 7.62. The molecule has 1 heterocycles. The van der Waals surface area contributed by atoms with Gasteiger partial charge in [-0.15, -0.1) is 0 Å². The number of nitrogens with one attached hydrogen (secondary N) is 1. The number of hydrogen-bond acceptors (Lipinski definition) is 3. The molecule has 0 aliphatic heterocycles. The fourth-order valence-electron chi connectivity index (χ4n) is 2.75. The number of rotatable bonds is 5. The largest absolute Gasteiger partial charge is 0.308 e. The van der Waals surface area contributed by atoms with E-state index >= 15 is 0 Å². The molecule has 0 saturated heterocycles. The highest BCUT2D eigenvalue weighted by Crippen LogP contribution is 2.24. The van der Waals surface area contributed by atoms with Crippen molar-refractivity contribution < 1.29 is 9.18 Å². The van der Waals surface area contributed by atoms with Gasteiger partial charge in [0, 0.05) is 18.3 Å². The molecule has 3 rings (SSSR count). The van der Waals surface area contributed by atoms with Gasteiger partial charge in [0.1, 0.15) is 5.82 Å². The van der Waals surface area contributed by atoms with E-state index in [2.05, 4.69) is 10.2 Å². The molecule has 0 fully saturated rings. The van der Waals surface area contributed by atoms with Crippen LogP contribution >= 0.6 is 0 Å². The molecule has 0 saturated carbocycles. The molecular formula is C20H17FN4O. The molecule has 5 nitrogen and oxygen atoms in total. The molecule has 130 valence electrons. The number of amides is 1. The first-order chi connectivity index (χ1) is 12.6. The Morgan fingerprint density at radius 2 is 2.12 bits per heavy atom. The van der Waals surface area contributed by atoms with Crippen LogP contribution in [-0.2, 0) is 11.3 Å². The molecule has 0 spiro atoms. The van der Waals surface area contributed by atoms with E-state index in [4.69, 9.17) is 5.26 Å². The Bertz CT molecular complexity index is 960. The van der Waals surface area contributed by atoms with Crippen molar-refractivity contribution in [3.63, 3.8) is 0 Å². The van der Waals surface area contributed by atoms with Crippen molar-refractivity contribution in [1.82, 2.24) is 10.2 Å². The molecule has 0 aliphatic rings. The van der Waals surface area contributed by atoms with Crippen molar-refractivity contribution in [3.05, 3.63) is 71.7 Å². The summed E-state index contributed by atoms with van der Waals surface area (Å²) >= 11 is 0. The monoisotopic (exact) mass is 348 g/mol. The Hall–Kier alpha value is -3.46. The summed E-state index contributed by atoms with van der Waals surface area (Å²) in [4.78, 5) is 13.9. The second-order valence-corrected chi connectivity index (χ2v) is 5.81. The smallest absolute Gasteiger partial charge is 0.227 e. The maximum absolute atomic E-state index is 13.8. The van der Waals surface area contributed by atoms with Crippen LogP contribution < -0.4 is 4.90 Å². The molecule has 3 aromatic rings. The zero-order valence-corrected chi connectivity index (χ0v) is 14.2. The van der Waals surface area contributed by atoms with E-state index < -0.39 is 5.82 Å². The lowest BCUT2D eigenvalue weighted by Crippen LogP contribution is -2.29. The van der Waals surface area contributed by atoms with E-state index in [9.17, 15) is 9.18 Å². The van der Waals surface area contributed by atoms with Crippen molar-refractivity contribution in [1.29, 1.82) is 5.26 Å². The molecule has 0 radical (unpaired) electrons. The zero-order chi connectivity index (χ0) is 18.5. The second-order valence-electron chi connectivity index (χ2n) is 5.81. The van der Waals surface area contributed by atoms with Gasteiger partial charge < -0.3 is 4.90 Å². The predicted octanol–water partition coefficient (Wildman–Crippen LogP) is 4.03. The number of carbonyl (C=O) groups is 1. The van der Waals surface area contributed by atoms with Crippen LogP contribution in [0, 0.1) is 17.1 Å². The minimum absolute atomic E-state index is 0.147. The third-order valence-electron chi connectivity index (χ3n) is 4.01. The van der Waals surface area contributed by atoms with Crippen molar-refractivity contribution in [3.8, 4) is 17.3 Å². The number of halogens is 1. The van der Waals surface area contributed by atoms with Gasteiger partial charge in [-0.05, 0) is 41.5 Å².